The minimum absolute atomic E-state index is 0.0437. The summed E-state index contributed by atoms with van der Waals surface area (Å²) in [5, 5.41) is 30.9. The predicted molar refractivity (Wildman–Crippen MR) is 322 cm³/mol. The molecule has 0 aliphatic carbocycles. The van der Waals surface area contributed by atoms with E-state index < -0.39 is 53.8 Å². The Morgan fingerprint density at radius 2 is 0.808 bits per heavy atom. The molecular formula is C65H126O12S. The van der Waals surface area contributed by atoms with Crippen LogP contribution in [-0.2, 0) is 38.3 Å². The highest BCUT2D eigenvalue weighted by Gasteiger charge is 2.48. The van der Waals surface area contributed by atoms with Crippen LogP contribution in [0.2, 0.25) is 0 Å². The van der Waals surface area contributed by atoms with Crippen LogP contribution in [0.3, 0.4) is 0 Å². The Morgan fingerprint density at radius 1 is 0.474 bits per heavy atom. The summed E-state index contributed by atoms with van der Waals surface area (Å²) >= 11 is 0. The summed E-state index contributed by atoms with van der Waals surface area (Å²) < 4.78 is 59.6. The lowest BCUT2D eigenvalue weighted by molar-refractivity contribution is -0.301. The number of aliphatic hydroxyl groups excluding tert-OH is 3. The topological polar surface area (TPSA) is 178 Å². The Balaban J connectivity index is 2.21. The monoisotopic (exact) mass is 1130 g/mol. The molecule has 0 saturated carbocycles. The van der Waals surface area contributed by atoms with Gasteiger partial charge in [0.25, 0.3) is 0 Å². The summed E-state index contributed by atoms with van der Waals surface area (Å²) in [5.74, 6) is -0.390. The molecule has 0 radical (unpaired) electrons. The third-order valence-corrected chi connectivity index (χ3v) is 16.4. The molecule has 0 aromatic heterocycles. The molecule has 0 aromatic rings. The number of unbranched alkanes of at least 4 members (excludes halogenated alkanes) is 46. The summed E-state index contributed by atoms with van der Waals surface area (Å²) in [7, 11) is -5.07. The van der Waals surface area contributed by atoms with Gasteiger partial charge in [0.1, 0.15) is 30.5 Å². The minimum Gasteiger partial charge on any atom is -0.457 e. The Hall–Kier alpha value is -1.16. The van der Waals surface area contributed by atoms with E-state index in [9.17, 15) is 33.1 Å². The van der Waals surface area contributed by atoms with Crippen molar-refractivity contribution < 1.29 is 56.2 Å². The van der Waals surface area contributed by atoms with Gasteiger partial charge in [0.05, 0.1) is 19.8 Å². The van der Waals surface area contributed by atoms with E-state index in [1.807, 2.05) is 0 Å². The summed E-state index contributed by atoms with van der Waals surface area (Å²) in [6.07, 6.45) is 59.9. The van der Waals surface area contributed by atoms with Crippen LogP contribution in [0.25, 0.3) is 0 Å². The molecule has 4 N–H and O–H groups in total. The first-order chi connectivity index (χ1) is 38.1. The lowest BCUT2D eigenvalue weighted by Gasteiger charge is -2.41. The fourth-order valence-corrected chi connectivity index (χ4v) is 11.4. The SMILES string of the molecule is CCCCCCCCCC/C=C\CCCCCCCCCCCCCCCC(=O)OC(COCCCCCCCCCCCCCCCCCCCCCCCCCCCC)COC1OC(CO)C(O)C(OS(=O)(=O)O)C1O. The number of ether oxygens (including phenoxy) is 4. The van der Waals surface area contributed by atoms with Crippen molar-refractivity contribution in [2.24, 2.45) is 0 Å². The zero-order valence-electron chi connectivity index (χ0n) is 50.8. The molecule has 6 unspecified atom stereocenters. The van der Waals surface area contributed by atoms with E-state index in [-0.39, 0.29) is 25.6 Å². The van der Waals surface area contributed by atoms with Gasteiger partial charge in [-0.25, -0.2) is 4.18 Å². The Morgan fingerprint density at radius 3 is 1.15 bits per heavy atom. The number of aliphatic hydroxyl groups is 3. The smallest absolute Gasteiger partial charge is 0.397 e. The van der Waals surface area contributed by atoms with Crippen LogP contribution in [-0.4, -0.2) is 97.5 Å². The molecule has 1 rings (SSSR count). The number of esters is 1. The maximum Gasteiger partial charge on any atom is 0.397 e. The molecule has 0 bridgehead atoms. The van der Waals surface area contributed by atoms with Gasteiger partial charge in [-0.05, 0) is 38.5 Å². The normalized spacial score (nSPS) is 18.4. The van der Waals surface area contributed by atoms with Gasteiger partial charge in [0.15, 0.2) is 6.29 Å². The average molecular weight is 1130 g/mol. The van der Waals surface area contributed by atoms with Crippen molar-refractivity contribution >= 4 is 16.4 Å². The van der Waals surface area contributed by atoms with Gasteiger partial charge in [-0.2, -0.15) is 8.42 Å². The van der Waals surface area contributed by atoms with Crippen molar-refractivity contribution in [1.29, 1.82) is 0 Å². The molecule has 12 nitrogen and oxygen atoms in total. The molecule has 1 aliphatic heterocycles. The Bertz CT molecular complexity index is 1400. The van der Waals surface area contributed by atoms with Crippen LogP contribution in [0.5, 0.6) is 0 Å². The number of allylic oxidation sites excluding steroid dienone is 2. The number of rotatable bonds is 61. The van der Waals surface area contributed by atoms with Crippen molar-refractivity contribution in [2.75, 3.05) is 26.4 Å². The van der Waals surface area contributed by atoms with Gasteiger partial charge in [-0.1, -0.05) is 302 Å². The standard InChI is InChI=1S/C65H126O12S/c1-3-5-7-9-11-13-15-17-19-21-23-25-27-29-31-33-35-37-39-41-43-45-47-49-51-53-55-73-57-59(58-74-65-63(69)64(77-78(70,71)72)62(68)60(56-66)76-65)75-61(67)54-52-50-48-46-44-42-40-38-36-34-32-30-28-26-24-22-20-18-16-14-12-10-8-6-4-2/h22,24,59-60,62-66,68-69H,3-21,23,25-58H2,1-2H3,(H,70,71,72)/b24-22-. The summed E-state index contributed by atoms with van der Waals surface area (Å²) in [6.45, 7) is 4.09. The van der Waals surface area contributed by atoms with Crippen molar-refractivity contribution in [3.63, 3.8) is 0 Å². The summed E-state index contributed by atoms with van der Waals surface area (Å²) in [6, 6.07) is 0. The maximum absolute atomic E-state index is 13.0. The van der Waals surface area contributed by atoms with Gasteiger partial charge in [0, 0.05) is 13.0 Å². The zero-order chi connectivity index (χ0) is 56.7. The van der Waals surface area contributed by atoms with Crippen molar-refractivity contribution in [3.8, 4) is 0 Å². The third-order valence-electron chi connectivity index (χ3n) is 15.9. The van der Waals surface area contributed by atoms with E-state index in [0.29, 0.717) is 13.0 Å². The fourth-order valence-electron chi connectivity index (χ4n) is 10.9. The van der Waals surface area contributed by atoms with Crippen molar-refractivity contribution in [3.05, 3.63) is 12.2 Å². The van der Waals surface area contributed by atoms with Gasteiger partial charge in [-0.15, -0.1) is 0 Å². The molecule has 1 aliphatic rings. The van der Waals surface area contributed by atoms with E-state index in [4.69, 9.17) is 18.9 Å². The van der Waals surface area contributed by atoms with E-state index >= 15 is 0 Å². The van der Waals surface area contributed by atoms with E-state index in [2.05, 4.69) is 30.2 Å². The van der Waals surface area contributed by atoms with E-state index in [1.165, 1.54) is 270 Å². The van der Waals surface area contributed by atoms with Crippen LogP contribution in [0.15, 0.2) is 12.2 Å². The number of carbonyl (C=O) groups is 1. The van der Waals surface area contributed by atoms with Gasteiger partial charge in [-0.3, -0.25) is 9.35 Å². The summed E-state index contributed by atoms with van der Waals surface area (Å²) in [4.78, 5) is 13.0. The lowest BCUT2D eigenvalue weighted by Crippen LogP contribution is -2.60. The average Bonchev–Trinajstić information content (AvgIpc) is 3.46. The highest BCUT2D eigenvalue weighted by atomic mass is 32.3. The fraction of sp³-hybridized carbons (Fsp3) is 0.954. The van der Waals surface area contributed by atoms with Crippen LogP contribution in [0.1, 0.15) is 335 Å². The van der Waals surface area contributed by atoms with Crippen LogP contribution >= 0.6 is 0 Å². The van der Waals surface area contributed by atoms with Crippen molar-refractivity contribution in [1.82, 2.24) is 0 Å². The molecule has 464 valence electrons. The Labute approximate surface area is 480 Å². The lowest BCUT2D eigenvalue weighted by atomic mass is 9.99. The number of hydrogen-bond donors (Lipinski definition) is 4. The predicted octanol–water partition coefficient (Wildman–Crippen LogP) is 17.7. The minimum atomic E-state index is -5.07. The Kier molecular flexibility index (Phi) is 54.1. The largest absolute Gasteiger partial charge is 0.457 e. The molecule has 0 amide bonds. The highest BCUT2D eigenvalue weighted by molar-refractivity contribution is 7.80. The molecular weight excluding hydrogens is 1000 g/mol. The molecule has 78 heavy (non-hydrogen) atoms. The first-order valence-corrected chi connectivity index (χ1v) is 34.8. The molecule has 1 fully saturated rings. The first-order valence-electron chi connectivity index (χ1n) is 33.4. The number of hydrogen-bond acceptors (Lipinski definition) is 11. The first kappa shape index (κ1) is 74.9. The zero-order valence-corrected chi connectivity index (χ0v) is 51.6. The molecule has 0 spiro atoms. The van der Waals surface area contributed by atoms with Gasteiger partial charge in [0.2, 0.25) is 0 Å². The molecule has 1 heterocycles. The van der Waals surface area contributed by atoms with Crippen LogP contribution in [0, 0.1) is 0 Å². The molecule has 1 saturated heterocycles. The maximum atomic E-state index is 13.0. The second kappa shape index (κ2) is 56.3. The second-order valence-electron chi connectivity index (χ2n) is 23.4. The highest BCUT2D eigenvalue weighted by Crippen LogP contribution is 2.26. The van der Waals surface area contributed by atoms with Crippen molar-refractivity contribution in [2.45, 2.75) is 372 Å². The van der Waals surface area contributed by atoms with Crippen LogP contribution < -0.4 is 0 Å². The third kappa shape index (κ3) is 48.4. The summed E-state index contributed by atoms with van der Waals surface area (Å²) in [5.41, 5.74) is 0. The van der Waals surface area contributed by atoms with Gasteiger partial charge < -0.3 is 34.3 Å². The van der Waals surface area contributed by atoms with Crippen LogP contribution in [0.4, 0.5) is 0 Å². The van der Waals surface area contributed by atoms with E-state index in [1.54, 1.807) is 0 Å². The molecule has 6 atom stereocenters. The second-order valence-corrected chi connectivity index (χ2v) is 24.5. The van der Waals surface area contributed by atoms with E-state index in [0.717, 1.165) is 38.5 Å². The molecule has 13 heteroatoms. The quantitative estimate of drug-likeness (QED) is 0.0196. The number of carbonyl (C=O) groups excluding carboxylic acids is 1. The molecule has 0 aromatic carbocycles. The van der Waals surface area contributed by atoms with Gasteiger partial charge >= 0.3 is 16.4 Å².